The van der Waals surface area contributed by atoms with Crippen molar-refractivity contribution in [1.29, 1.82) is 0 Å². The molecule has 2 N–H and O–H groups in total. The Morgan fingerprint density at radius 2 is 1.95 bits per heavy atom. The molecule has 0 radical (unpaired) electrons. The lowest BCUT2D eigenvalue weighted by Crippen LogP contribution is -2.37. The second kappa shape index (κ2) is 8.11. The molecule has 0 aromatic heterocycles. The summed E-state index contributed by atoms with van der Waals surface area (Å²) in [7, 11) is -2.08. The SMILES string of the molecule is COCCCNC(=O)CNS(=O)(=O)c1ccc(C)c(C)c1. The Hall–Kier alpha value is -1.44. The van der Waals surface area contributed by atoms with Crippen molar-refractivity contribution in [3.63, 3.8) is 0 Å². The van der Waals surface area contributed by atoms with Crippen LogP contribution in [0.15, 0.2) is 23.1 Å². The van der Waals surface area contributed by atoms with Crippen LogP contribution in [0, 0.1) is 13.8 Å². The minimum Gasteiger partial charge on any atom is -0.385 e. The van der Waals surface area contributed by atoms with Crippen LogP contribution in [-0.4, -0.2) is 41.1 Å². The third-order valence-electron chi connectivity index (χ3n) is 3.06. The average Bonchev–Trinajstić information content (AvgIpc) is 2.44. The standard InChI is InChI=1S/C14H22N2O4S/c1-11-5-6-13(9-12(11)2)21(18,19)16-10-14(17)15-7-4-8-20-3/h5-6,9,16H,4,7-8,10H2,1-3H3,(H,15,17). The smallest absolute Gasteiger partial charge is 0.241 e. The average molecular weight is 314 g/mol. The third-order valence-corrected chi connectivity index (χ3v) is 4.46. The molecule has 0 saturated carbocycles. The molecule has 118 valence electrons. The van der Waals surface area contributed by atoms with E-state index in [1.807, 2.05) is 13.8 Å². The molecule has 0 aliphatic rings. The van der Waals surface area contributed by atoms with Crippen molar-refractivity contribution in [2.24, 2.45) is 0 Å². The zero-order valence-electron chi connectivity index (χ0n) is 12.6. The van der Waals surface area contributed by atoms with Gasteiger partial charge in [-0.3, -0.25) is 4.79 Å². The molecule has 0 spiro atoms. The van der Waals surface area contributed by atoms with Crippen molar-refractivity contribution in [2.75, 3.05) is 26.8 Å². The van der Waals surface area contributed by atoms with Gasteiger partial charge in [0, 0.05) is 20.3 Å². The number of benzene rings is 1. The van der Waals surface area contributed by atoms with Gasteiger partial charge in [-0.25, -0.2) is 13.1 Å². The van der Waals surface area contributed by atoms with Crippen LogP contribution in [0.4, 0.5) is 0 Å². The molecule has 1 aromatic rings. The second-order valence-corrected chi connectivity index (χ2v) is 6.53. The van der Waals surface area contributed by atoms with Crippen LogP contribution in [0.1, 0.15) is 17.5 Å². The van der Waals surface area contributed by atoms with E-state index in [0.717, 1.165) is 11.1 Å². The van der Waals surface area contributed by atoms with Gasteiger partial charge in [-0.1, -0.05) is 6.07 Å². The fourth-order valence-corrected chi connectivity index (χ4v) is 2.70. The second-order valence-electron chi connectivity index (χ2n) is 4.77. The summed E-state index contributed by atoms with van der Waals surface area (Å²) in [6.45, 7) is 4.48. The fourth-order valence-electron chi connectivity index (χ4n) is 1.63. The van der Waals surface area contributed by atoms with E-state index in [1.54, 1.807) is 19.2 Å². The molecule has 0 heterocycles. The summed E-state index contributed by atoms with van der Waals surface area (Å²) in [4.78, 5) is 11.7. The Morgan fingerprint density at radius 3 is 2.57 bits per heavy atom. The first kappa shape index (κ1) is 17.6. The van der Waals surface area contributed by atoms with Crippen LogP contribution < -0.4 is 10.0 Å². The monoisotopic (exact) mass is 314 g/mol. The predicted octanol–water partition coefficient (Wildman–Crippen LogP) is 0.734. The molecular formula is C14H22N2O4S. The summed E-state index contributed by atoms with van der Waals surface area (Å²) in [5, 5.41) is 2.62. The van der Waals surface area contributed by atoms with E-state index in [2.05, 4.69) is 10.0 Å². The van der Waals surface area contributed by atoms with Crippen molar-refractivity contribution in [3.05, 3.63) is 29.3 Å². The first-order valence-electron chi connectivity index (χ1n) is 6.69. The van der Waals surface area contributed by atoms with Crippen LogP contribution in [0.2, 0.25) is 0 Å². The Balaban J connectivity index is 2.53. The largest absolute Gasteiger partial charge is 0.385 e. The summed E-state index contributed by atoms with van der Waals surface area (Å²) in [5.41, 5.74) is 1.91. The van der Waals surface area contributed by atoms with Crippen LogP contribution in [0.3, 0.4) is 0 Å². The van der Waals surface area contributed by atoms with E-state index in [1.165, 1.54) is 6.07 Å². The third kappa shape index (κ3) is 5.82. The Morgan fingerprint density at radius 1 is 1.24 bits per heavy atom. The van der Waals surface area contributed by atoms with Crippen LogP contribution >= 0.6 is 0 Å². The van der Waals surface area contributed by atoms with Gasteiger partial charge >= 0.3 is 0 Å². The molecule has 7 heteroatoms. The highest BCUT2D eigenvalue weighted by molar-refractivity contribution is 7.89. The zero-order chi connectivity index (χ0) is 15.9. The maximum Gasteiger partial charge on any atom is 0.241 e. The van der Waals surface area contributed by atoms with Crippen molar-refractivity contribution >= 4 is 15.9 Å². The van der Waals surface area contributed by atoms with Crippen molar-refractivity contribution in [3.8, 4) is 0 Å². The highest BCUT2D eigenvalue weighted by atomic mass is 32.2. The molecule has 0 fully saturated rings. The molecule has 6 nitrogen and oxygen atoms in total. The van der Waals surface area contributed by atoms with Crippen molar-refractivity contribution in [2.45, 2.75) is 25.2 Å². The van der Waals surface area contributed by atoms with Gasteiger partial charge in [0.2, 0.25) is 15.9 Å². The van der Waals surface area contributed by atoms with Gasteiger partial charge in [0.1, 0.15) is 0 Å². The number of methoxy groups -OCH3 is 1. The molecule has 1 amide bonds. The summed E-state index contributed by atoms with van der Waals surface area (Å²) >= 11 is 0. The van der Waals surface area contributed by atoms with E-state index in [0.29, 0.717) is 19.6 Å². The topological polar surface area (TPSA) is 84.5 Å². The molecule has 21 heavy (non-hydrogen) atoms. The van der Waals surface area contributed by atoms with E-state index in [9.17, 15) is 13.2 Å². The Labute approximate surface area is 125 Å². The minimum atomic E-state index is -3.67. The van der Waals surface area contributed by atoms with Gasteiger partial charge < -0.3 is 10.1 Å². The van der Waals surface area contributed by atoms with E-state index < -0.39 is 10.0 Å². The first-order chi connectivity index (χ1) is 9.86. The van der Waals surface area contributed by atoms with Gasteiger partial charge in [0.25, 0.3) is 0 Å². The number of ether oxygens (including phenoxy) is 1. The summed E-state index contributed by atoms with van der Waals surface area (Å²) in [5.74, 6) is -0.362. The Kier molecular flexibility index (Phi) is 6.80. The van der Waals surface area contributed by atoms with Crippen molar-refractivity contribution in [1.82, 2.24) is 10.0 Å². The lowest BCUT2D eigenvalue weighted by atomic mass is 10.1. The van der Waals surface area contributed by atoms with Gasteiger partial charge in [0.05, 0.1) is 11.4 Å². The van der Waals surface area contributed by atoms with Crippen molar-refractivity contribution < 1.29 is 17.9 Å². The van der Waals surface area contributed by atoms with Crippen LogP contribution in [-0.2, 0) is 19.6 Å². The molecule has 0 saturated heterocycles. The minimum absolute atomic E-state index is 0.165. The number of carbonyl (C=O) groups is 1. The lowest BCUT2D eigenvalue weighted by molar-refractivity contribution is -0.120. The number of hydrogen-bond donors (Lipinski definition) is 2. The quantitative estimate of drug-likeness (QED) is 0.693. The highest BCUT2D eigenvalue weighted by Gasteiger charge is 2.15. The highest BCUT2D eigenvalue weighted by Crippen LogP contribution is 2.14. The number of aryl methyl sites for hydroxylation is 2. The zero-order valence-corrected chi connectivity index (χ0v) is 13.4. The van der Waals surface area contributed by atoms with Gasteiger partial charge in [0.15, 0.2) is 0 Å². The number of nitrogens with one attached hydrogen (secondary N) is 2. The number of amides is 1. The molecule has 0 aliphatic heterocycles. The van der Waals surface area contributed by atoms with Crippen LogP contribution in [0.5, 0.6) is 0 Å². The summed E-state index contributed by atoms with van der Waals surface area (Å²) in [6, 6.07) is 4.87. The number of sulfonamides is 1. The lowest BCUT2D eigenvalue weighted by Gasteiger charge is -2.09. The summed E-state index contributed by atoms with van der Waals surface area (Å²) < 4.78 is 31.3. The van der Waals surface area contributed by atoms with Gasteiger partial charge in [-0.15, -0.1) is 0 Å². The number of rotatable bonds is 8. The molecular weight excluding hydrogens is 292 g/mol. The normalized spacial score (nSPS) is 11.4. The molecule has 0 aliphatic carbocycles. The molecule has 1 rings (SSSR count). The van der Waals surface area contributed by atoms with Gasteiger partial charge in [-0.2, -0.15) is 0 Å². The predicted molar refractivity (Wildman–Crippen MR) is 80.6 cm³/mol. The van der Waals surface area contributed by atoms with E-state index in [4.69, 9.17) is 4.74 Å². The van der Waals surface area contributed by atoms with Crippen LogP contribution in [0.25, 0.3) is 0 Å². The molecule has 1 aromatic carbocycles. The number of hydrogen-bond acceptors (Lipinski definition) is 4. The number of carbonyl (C=O) groups excluding carboxylic acids is 1. The van der Waals surface area contributed by atoms with Gasteiger partial charge in [-0.05, 0) is 43.5 Å². The maximum atomic E-state index is 12.1. The van der Waals surface area contributed by atoms with E-state index in [-0.39, 0.29) is 17.3 Å². The Bertz CT molecular complexity index is 585. The van der Waals surface area contributed by atoms with E-state index >= 15 is 0 Å². The molecule has 0 atom stereocenters. The first-order valence-corrected chi connectivity index (χ1v) is 8.17. The summed E-state index contributed by atoms with van der Waals surface area (Å²) in [6.07, 6.45) is 0.687. The fraction of sp³-hybridized carbons (Fsp3) is 0.500. The maximum absolute atomic E-state index is 12.1. The molecule has 0 bridgehead atoms. The molecule has 0 unspecified atom stereocenters.